The molecule has 3 aromatic rings. The molecule has 0 aliphatic carbocycles. The van der Waals surface area contributed by atoms with Crippen LogP contribution in [0.2, 0.25) is 0 Å². The van der Waals surface area contributed by atoms with Crippen molar-refractivity contribution < 1.29 is 27.5 Å². The van der Waals surface area contributed by atoms with Crippen molar-refractivity contribution in [3.63, 3.8) is 0 Å². The maximum Gasteiger partial charge on any atom is 0.244 e. The number of amides is 2. The number of benzene rings is 3. The van der Waals surface area contributed by atoms with Crippen LogP contribution in [0.5, 0.6) is 11.5 Å². The quantitative estimate of drug-likeness (QED) is 0.298. The van der Waals surface area contributed by atoms with Gasteiger partial charge in [-0.25, -0.2) is 8.42 Å². The highest BCUT2D eigenvalue weighted by atomic mass is 32.2. The Balaban J connectivity index is 2.10. The number of nitrogens with zero attached hydrogens (tertiary/aromatic N) is 2. The maximum atomic E-state index is 14.3. The number of hydrogen-bond donors (Lipinski definition) is 1. The molecule has 0 aromatic heterocycles. The van der Waals surface area contributed by atoms with Gasteiger partial charge in [-0.3, -0.25) is 13.9 Å². The summed E-state index contributed by atoms with van der Waals surface area (Å²) in [5.41, 5.74) is 2.89. The summed E-state index contributed by atoms with van der Waals surface area (Å²) < 4.78 is 37.9. The molecule has 0 unspecified atom stereocenters. The highest BCUT2D eigenvalue weighted by Gasteiger charge is 2.34. The molecule has 0 bridgehead atoms. The molecule has 0 aliphatic heterocycles. The molecule has 2 amide bonds. The predicted octanol–water partition coefficient (Wildman–Crippen LogP) is 4.33. The van der Waals surface area contributed by atoms with Gasteiger partial charge in [0.05, 0.1) is 26.2 Å². The van der Waals surface area contributed by atoms with Gasteiger partial charge in [0.15, 0.2) is 0 Å². The molecular formula is C32H41N3O6S. The van der Waals surface area contributed by atoms with Crippen LogP contribution in [0.1, 0.15) is 37.0 Å². The van der Waals surface area contributed by atoms with Gasteiger partial charge in [0.1, 0.15) is 24.1 Å². The minimum Gasteiger partial charge on any atom is -0.497 e. The van der Waals surface area contributed by atoms with Crippen molar-refractivity contribution in [2.45, 2.75) is 52.2 Å². The smallest absolute Gasteiger partial charge is 0.244 e. The Kier molecular flexibility index (Phi) is 11.4. The van der Waals surface area contributed by atoms with Crippen molar-refractivity contribution in [2.75, 3.05) is 31.3 Å². The molecule has 0 radical (unpaired) electrons. The highest BCUT2D eigenvalue weighted by molar-refractivity contribution is 7.92. The van der Waals surface area contributed by atoms with Crippen LogP contribution in [-0.4, -0.2) is 64.2 Å². The van der Waals surface area contributed by atoms with Crippen molar-refractivity contribution in [3.8, 4) is 11.5 Å². The summed E-state index contributed by atoms with van der Waals surface area (Å²) in [5, 5.41) is 3.03. The van der Waals surface area contributed by atoms with Gasteiger partial charge in [-0.05, 0) is 43.5 Å². The number of hydrogen-bond acceptors (Lipinski definition) is 6. The van der Waals surface area contributed by atoms with Crippen molar-refractivity contribution in [1.29, 1.82) is 0 Å². The fourth-order valence-corrected chi connectivity index (χ4v) is 5.44. The number of aryl methyl sites for hydroxylation is 1. The van der Waals surface area contributed by atoms with Gasteiger partial charge in [-0.1, -0.05) is 67.1 Å². The maximum absolute atomic E-state index is 14.3. The van der Waals surface area contributed by atoms with Crippen LogP contribution >= 0.6 is 0 Å². The number of carbonyl (C=O) groups is 2. The molecule has 9 nitrogen and oxygen atoms in total. The van der Waals surface area contributed by atoms with E-state index in [0.717, 1.165) is 33.7 Å². The van der Waals surface area contributed by atoms with Gasteiger partial charge in [0.25, 0.3) is 0 Å². The number of methoxy groups -OCH3 is 2. The lowest BCUT2D eigenvalue weighted by atomic mass is 10.0. The van der Waals surface area contributed by atoms with Gasteiger partial charge in [0, 0.05) is 25.1 Å². The van der Waals surface area contributed by atoms with Gasteiger partial charge < -0.3 is 19.7 Å². The standard InChI is InChI=1S/C32H41N3O6S/c1-7-24(3)33-32(37)29(19-25-13-9-8-10-14-25)34(21-26-15-11-12-23(2)18-26)31(36)22-35(42(6,38)39)28-17-16-27(40-4)20-30(28)41-5/h8-18,20,24,29H,7,19,21-22H2,1-6H3,(H,33,37)/t24-,29+/m1/s1. The zero-order chi connectivity index (χ0) is 30.9. The van der Waals surface area contributed by atoms with Crippen molar-refractivity contribution in [1.82, 2.24) is 10.2 Å². The summed E-state index contributed by atoms with van der Waals surface area (Å²) in [7, 11) is -1.03. The predicted molar refractivity (Wildman–Crippen MR) is 165 cm³/mol. The van der Waals surface area contributed by atoms with E-state index >= 15 is 0 Å². The van der Waals surface area contributed by atoms with Gasteiger partial charge in [-0.15, -0.1) is 0 Å². The van der Waals surface area contributed by atoms with E-state index in [1.54, 1.807) is 12.1 Å². The Hall–Kier alpha value is -4.05. The van der Waals surface area contributed by atoms with Gasteiger partial charge >= 0.3 is 0 Å². The Labute approximate surface area is 249 Å². The molecule has 0 fully saturated rings. The molecule has 0 saturated heterocycles. The number of nitrogens with one attached hydrogen (secondary N) is 1. The first-order valence-electron chi connectivity index (χ1n) is 13.9. The van der Waals surface area contributed by atoms with Crippen LogP contribution in [0.15, 0.2) is 72.8 Å². The summed E-state index contributed by atoms with van der Waals surface area (Å²) in [6.45, 7) is 5.41. The van der Waals surface area contributed by atoms with Crippen LogP contribution in [0.4, 0.5) is 5.69 Å². The van der Waals surface area contributed by atoms with E-state index in [4.69, 9.17) is 9.47 Å². The third kappa shape index (κ3) is 8.72. The third-order valence-corrected chi connectivity index (χ3v) is 8.17. The molecule has 0 spiro atoms. The first-order valence-corrected chi connectivity index (χ1v) is 15.7. The van der Waals surface area contributed by atoms with E-state index in [-0.39, 0.29) is 36.4 Å². The third-order valence-electron chi connectivity index (χ3n) is 7.04. The Bertz CT molecular complexity index is 1460. The van der Waals surface area contributed by atoms with Crippen LogP contribution in [0, 0.1) is 6.92 Å². The number of rotatable bonds is 14. The number of anilines is 1. The molecule has 3 aromatic carbocycles. The first kappa shape index (κ1) is 32.5. The largest absolute Gasteiger partial charge is 0.497 e. The zero-order valence-electron chi connectivity index (χ0n) is 25.2. The second-order valence-corrected chi connectivity index (χ2v) is 12.2. The highest BCUT2D eigenvalue weighted by Crippen LogP contribution is 2.34. The van der Waals surface area contributed by atoms with Crippen molar-refractivity contribution in [2.24, 2.45) is 0 Å². The topological polar surface area (TPSA) is 105 Å². The van der Waals surface area contributed by atoms with E-state index in [9.17, 15) is 18.0 Å². The summed E-state index contributed by atoms with van der Waals surface area (Å²) in [4.78, 5) is 29.5. The van der Waals surface area contributed by atoms with E-state index in [0.29, 0.717) is 5.75 Å². The molecule has 1 N–H and O–H groups in total. The summed E-state index contributed by atoms with van der Waals surface area (Å²) in [6.07, 6.45) is 2.01. The second-order valence-electron chi connectivity index (χ2n) is 10.3. The minimum absolute atomic E-state index is 0.109. The number of sulfonamides is 1. The first-order chi connectivity index (χ1) is 20.0. The van der Waals surface area contributed by atoms with E-state index < -0.39 is 28.5 Å². The summed E-state index contributed by atoms with van der Waals surface area (Å²) >= 11 is 0. The number of carbonyl (C=O) groups excluding carboxylic acids is 2. The average Bonchev–Trinajstić information content (AvgIpc) is 2.97. The molecule has 0 saturated carbocycles. The lowest BCUT2D eigenvalue weighted by Gasteiger charge is -2.34. The molecule has 3 rings (SSSR count). The molecule has 0 heterocycles. The van der Waals surface area contributed by atoms with E-state index in [2.05, 4.69) is 5.32 Å². The fourth-order valence-electron chi connectivity index (χ4n) is 4.59. The lowest BCUT2D eigenvalue weighted by Crippen LogP contribution is -2.54. The van der Waals surface area contributed by atoms with Gasteiger partial charge in [-0.2, -0.15) is 0 Å². The fraction of sp³-hybridized carbons (Fsp3) is 0.375. The molecule has 0 aliphatic rings. The lowest BCUT2D eigenvalue weighted by molar-refractivity contribution is -0.140. The van der Waals surface area contributed by atoms with Crippen LogP contribution < -0.4 is 19.1 Å². The van der Waals surface area contributed by atoms with Crippen LogP contribution in [-0.2, 0) is 32.6 Å². The van der Waals surface area contributed by atoms with E-state index in [1.807, 2.05) is 75.4 Å². The monoisotopic (exact) mass is 595 g/mol. The number of ether oxygens (including phenoxy) is 2. The SMILES string of the molecule is CC[C@@H](C)NC(=O)[C@H](Cc1ccccc1)N(Cc1cccc(C)c1)C(=O)CN(c1ccc(OC)cc1OC)S(C)(=O)=O. The Morgan fingerprint density at radius 1 is 0.929 bits per heavy atom. The van der Waals surface area contributed by atoms with Crippen LogP contribution in [0.25, 0.3) is 0 Å². The van der Waals surface area contributed by atoms with Crippen molar-refractivity contribution in [3.05, 3.63) is 89.5 Å². The van der Waals surface area contributed by atoms with Crippen LogP contribution in [0.3, 0.4) is 0 Å². The molecule has 10 heteroatoms. The molecular weight excluding hydrogens is 554 g/mol. The summed E-state index contributed by atoms with van der Waals surface area (Å²) in [5.74, 6) is -0.128. The van der Waals surface area contributed by atoms with Crippen molar-refractivity contribution >= 4 is 27.5 Å². The zero-order valence-corrected chi connectivity index (χ0v) is 26.0. The Morgan fingerprint density at radius 2 is 1.62 bits per heavy atom. The van der Waals surface area contributed by atoms with Gasteiger partial charge in [0.2, 0.25) is 21.8 Å². The Morgan fingerprint density at radius 3 is 2.21 bits per heavy atom. The molecule has 226 valence electrons. The minimum atomic E-state index is -3.94. The summed E-state index contributed by atoms with van der Waals surface area (Å²) in [6, 6.07) is 20.8. The molecule has 42 heavy (non-hydrogen) atoms. The average molecular weight is 596 g/mol. The second kappa shape index (κ2) is 14.7. The normalized spacial score (nSPS) is 12.6. The molecule has 2 atom stereocenters. The van der Waals surface area contributed by atoms with E-state index in [1.165, 1.54) is 25.2 Å².